The molecule has 5 aliphatic rings. The smallest absolute Gasteiger partial charge is 0.211 e. The second-order valence-electron chi connectivity index (χ2n) is 31.3. The number of benzene rings is 7. The fraction of sp³-hybridized carbons (Fsp3) is 0.440. The van der Waals surface area contributed by atoms with Gasteiger partial charge in [-0.05, 0) is 239 Å². The molecule has 14 rings (SSSR count). The Kier molecular flexibility index (Phi) is 10.9. The first-order valence-corrected chi connectivity index (χ1v) is 31.4. The normalized spacial score (nSPS) is 21.0. The highest BCUT2D eigenvalue weighted by Gasteiger charge is 2.44. The average molecular weight is 1070 g/mol. The molecule has 80 heavy (non-hydrogen) atoms. The summed E-state index contributed by atoms with van der Waals surface area (Å²) in [7, 11) is 0.831. The van der Waals surface area contributed by atoms with Gasteiger partial charge in [0.15, 0.2) is 0 Å². The number of aryl methyl sites for hydroxylation is 1. The third-order valence-electron chi connectivity index (χ3n) is 22.0. The summed E-state index contributed by atoms with van der Waals surface area (Å²) < 4.78 is 10.1. The van der Waals surface area contributed by atoms with E-state index in [9.17, 15) is 0 Å². The Morgan fingerprint density at radius 3 is 1.55 bits per heavy atom. The van der Waals surface area contributed by atoms with Gasteiger partial charge in [-0.2, -0.15) is 0 Å². The van der Waals surface area contributed by atoms with Crippen LogP contribution in [0.2, 0.25) is 0 Å². The zero-order chi connectivity index (χ0) is 56.4. The summed E-state index contributed by atoms with van der Waals surface area (Å²) in [6.45, 7) is 41.7. The summed E-state index contributed by atoms with van der Waals surface area (Å²) in [5.41, 5.74) is 25.9. The van der Waals surface area contributed by atoms with Crippen molar-refractivity contribution in [3.05, 3.63) is 147 Å². The Hall–Kier alpha value is -5.78. The predicted molar refractivity (Wildman–Crippen MR) is 349 cm³/mol. The third kappa shape index (κ3) is 7.69. The fourth-order valence-corrected chi connectivity index (χ4v) is 17.3. The number of furan rings is 1. The van der Waals surface area contributed by atoms with Crippen molar-refractivity contribution in [2.24, 2.45) is 0 Å². The standard InChI is InChI=1S/C75H85BN2OS/c1-42-32-51-55(73(12,13)29-26-69(51,4)5)39-59(42)78-60-33-43-20-18-19-21-45(43)64(65(60)76-67-66(78)49-36-54-57(41-63(49)80-67)75(16,17)31-28-72(54,10)11)48-38-61-47(46-35-53-56(40-62(46)79-61)74(14,15)30-27-71(53,8)9)37-58(48)77-44-22-23-50-52(34-44)70(6,7)25-24-68(50,2)3/h18-23,32-41,76-77H,24-31H2,1-17H3. The van der Waals surface area contributed by atoms with Crippen molar-refractivity contribution in [1.29, 1.82) is 0 Å². The molecule has 4 aliphatic carbocycles. The largest absolute Gasteiger partial charge is 0.456 e. The molecule has 0 saturated carbocycles. The van der Waals surface area contributed by atoms with Gasteiger partial charge in [-0.25, -0.2) is 0 Å². The lowest BCUT2D eigenvalue weighted by Gasteiger charge is -2.44. The Balaban J connectivity index is 1.08. The van der Waals surface area contributed by atoms with Crippen molar-refractivity contribution in [1.82, 2.24) is 0 Å². The van der Waals surface area contributed by atoms with Gasteiger partial charge >= 0.3 is 0 Å². The Morgan fingerprint density at radius 2 is 0.938 bits per heavy atom. The molecule has 3 nitrogen and oxygen atoms in total. The second-order valence-corrected chi connectivity index (χ2v) is 32.4. The first-order chi connectivity index (χ1) is 37.4. The first-order valence-electron chi connectivity index (χ1n) is 30.5. The zero-order valence-corrected chi connectivity index (χ0v) is 52.2. The predicted octanol–water partition coefficient (Wildman–Crippen LogP) is 20.2. The van der Waals surface area contributed by atoms with E-state index in [2.05, 4.69) is 225 Å². The van der Waals surface area contributed by atoms with Crippen LogP contribution < -0.4 is 20.5 Å². The molecule has 0 bridgehead atoms. The summed E-state index contributed by atoms with van der Waals surface area (Å²) in [4.78, 5) is 2.76. The van der Waals surface area contributed by atoms with Crippen molar-refractivity contribution >= 4 is 100 Å². The molecule has 0 atom stereocenters. The Labute approximate surface area is 482 Å². The maximum absolute atomic E-state index is 7.27. The zero-order valence-electron chi connectivity index (χ0n) is 51.4. The number of hydrogen-bond donors (Lipinski definition) is 1. The minimum atomic E-state index is 0.0453. The highest BCUT2D eigenvalue weighted by Crippen LogP contribution is 2.56. The number of nitrogens with one attached hydrogen (secondary N) is 1. The van der Waals surface area contributed by atoms with Crippen molar-refractivity contribution in [3.63, 3.8) is 0 Å². The molecule has 0 fully saturated rings. The summed E-state index contributed by atoms with van der Waals surface area (Å²) in [5, 5.41) is 10.5. The lowest BCUT2D eigenvalue weighted by molar-refractivity contribution is 0.332. The van der Waals surface area contributed by atoms with Gasteiger partial charge in [0.1, 0.15) is 11.2 Å². The molecule has 3 heterocycles. The van der Waals surface area contributed by atoms with E-state index < -0.39 is 0 Å². The summed E-state index contributed by atoms with van der Waals surface area (Å²) >= 11 is 2.04. The monoisotopic (exact) mass is 1070 g/mol. The van der Waals surface area contributed by atoms with E-state index in [1.807, 2.05) is 11.3 Å². The number of anilines is 5. The quantitative estimate of drug-likeness (QED) is 0.178. The van der Waals surface area contributed by atoms with Gasteiger partial charge in [0.2, 0.25) is 7.28 Å². The van der Waals surface area contributed by atoms with Crippen LogP contribution in [0.1, 0.15) is 212 Å². The topological polar surface area (TPSA) is 28.4 Å². The Morgan fingerprint density at radius 1 is 0.450 bits per heavy atom. The molecular weight excluding hydrogens is 988 g/mol. The van der Waals surface area contributed by atoms with E-state index in [1.165, 1.54) is 165 Å². The third-order valence-corrected chi connectivity index (χ3v) is 23.2. The van der Waals surface area contributed by atoms with Crippen LogP contribution in [0.5, 0.6) is 0 Å². The van der Waals surface area contributed by atoms with Crippen molar-refractivity contribution in [2.45, 2.75) is 212 Å². The minimum Gasteiger partial charge on any atom is -0.456 e. The van der Waals surface area contributed by atoms with Crippen LogP contribution in [-0.2, 0) is 43.3 Å². The molecule has 0 spiro atoms. The van der Waals surface area contributed by atoms with E-state index in [0.717, 1.165) is 36.2 Å². The van der Waals surface area contributed by atoms with E-state index in [-0.39, 0.29) is 43.3 Å². The number of rotatable bonds is 4. The van der Waals surface area contributed by atoms with Crippen LogP contribution in [-0.4, -0.2) is 7.28 Å². The average Bonchev–Trinajstić information content (AvgIpc) is 4.13. The second kappa shape index (κ2) is 16.7. The Bertz CT molecular complexity index is 4160. The van der Waals surface area contributed by atoms with Crippen molar-refractivity contribution in [2.75, 3.05) is 10.2 Å². The van der Waals surface area contributed by atoms with E-state index >= 15 is 0 Å². The fourth-order valence-electron chi connectivity index (χ4n) is 16.1. The van der Waals surface area contributed by atoms with Gasteiger partial charge in [-0.15, -0.1) is 11.3 Å². The molecule has 0 radical (unpaired) electrons. The number of nitrogens with zero attached hydrogens (tertiary/aromatic N) is 1. The van der Waals surface area contributed by atoms with Crippen molar-refractivity contribution < 1.29 is 4.42 Å². The molecule has 0 unspecified atom stereocenters. The highest BCUT2D eigenvalue weighted by atomic mass is 32.1. The van der Waals surface area contributed by atoms with Gasteiger partial charge in [-0.3, -0.25) is 0 Å². The lowest BCUT2D eigenvalue weighted by Crippen LogP contribution is -2.40. The van der Waals surface area contributed by atoms with Crippen molar-refractivity contribution in [3.8, 4) is 11.1 Å². The van der Waals surface area contributed by atoms with Crippen LogP contribution >= 0.6 is 11.3 Å². The molecule has 0 saturated heterocycles. The van der Waals surface area contributed by atoms with Crippen LogP contribution in [0.25, 0.3) is 53.9 Å². The molecule has 7 aromatic carbocycles. The van der Waals surface area contributed by atoms with Gasteiger partial charge < -0.3 is 14.6 Å². The van der Waals surface area contributed by atoms with E-state index in [1.54, 1.807) is 0 Å². The molecule has 5 heteroatoms. The van der Waals surface area contributed by atoms with Crippen LogP contribution in [0.4, 0.5) is 28.4 Å². The molecular formula is C75H85BN2OS. The molecule has 9 aromatic rings. The first kappa shape index (κ1) is 52.3. The minimum absolute atomic E-state index is 0.0453. The molecule has 410 valence electrons. The van der Waals surface area contributed by atoms with Gasteiger partial charge in [-0.1, -0.05) is 147 Å². The highest BCUT2D eigenvalue weighted by molar-refractivity contribution is 7.29. The van der Waals surface area contributed by atoms with Crippen LogP contribution in [0, 0.1) is 6.92 Å². The summed E-state index contributed by atoms with van der Waals surface area (Å²) in [6, 6.07) is 39.4. The molecule has 2 aromatic heterocycles. The van der Waals surface area contributed by atoms with Crippen LogP contribution in [0.15, 0.2) is 101 Å². The molecule has 1 aliphatic heterocycles. The van der Waals surface area contributed by atoms with E-state index in [0.29, 0.717) is 0 Å². The lowest BCUT2D eigenvalue weighted by atomic mass is 9.60. The van der Waals surface area contributed by atoms with Crippen LogP contribution in [0.3, 0.4) is 0 Å². The summed E-state index contributed by atoms with van der Waals surface area (Å²) in [6.07, 6.45) is 9.43. The number of hydrogen-bond acceptors (Lipinski definition) is 4. The van der Waals surface area contributed by atoms with Gasteiger partial charge in [0, 0.05) is 49.2 Å². The SMILES string of the molecule is Cc1cc2c(cc1N1c3cc4ccccc4c(-c4cc5oc6cc7c(cc6c5cc4Nc4ccc5c(c4)C(C)(C)CCC5(C)C)C(C)(C)CCC7(C)C)c3Bc3sc4cc5c(cc4c31)C(C)(C)CCC5(C)C)C(C)(C)CCC2(C)C. The maximum Gasteiger partial charge on any atom is 0.211 e. The van der Waals surface area contributed by atoms with E-state index in [4.69, 9.17) is 4.42 Å². The number of thiophene rings is 1. The molecule has 1 N–H and O–H groups in total. The molecule has 0 amide bonds. The van der Waals surface area contributed by atoms with Gasteiger partial charge in [0.05, 0.1) is 5.69 Å². The maximum atomic E-state index is 7.27. The number of fused-ring (bicyclic) bond motifs is 12. The summed E-state index contributed by atoms with van der Waals surface area (Å²) in [5.74, 6) is 0. The van der Waals surface area contributed by atoms with Gasteiger partial charge in [0.25, 0.3) is 0 Å².